The maximum Gasteiger partial charge on any atom is 0.405 e. The Morgan fingerprint density at radius 2 is 2.11 bits per heavy atom. The predicted molar refractivity (Wildman–Crippen MR) is 62.9 cm³/mol. The average Bonchev–Trinajstić information content (AvgIpc) is 2.53. The van der Waals surface area contributed by atoms with E-state index in [4.69, 9.17) is 0 Å². The highest BCUT2D eigenvalue weighted by molar-refractivity contribution is 7.15. The molecule has 0 aliphatic rings. The lowest BCUT2D eigenvalue weighted by Crippen LogP contribution is -2.33. The highest BCUT2D eigenvalue weighted by atomic mass is 32.1. The molecule has 2 N–H and O–H groups in total. The summed E-state index contributed by atoms with van der Waals surface area (Å²) in [4.78, 5) is 11.7. The third-order valence-corrected chi connectivity index (χ3v) is 3.06. The fraction of sp³-hybridized carbons (Fsp3) is 0.545. The fourth-order valence-electron chi connectivity index (χ4n) is 1.46. The van der Waals surface area contributed by atoms with Crippen molar-refractivity contribution in [3.05, 3.63) is 16.5 Å². The molecule has 0 aliphatic carbocycles. The summed E-state index contributed by atoms with van der Waals surface area (Å²) in [5.41, 5.74) is 0.576. The van der Waals surface area contributed by atoms with Crippen molar-refractivity contribution in [2.75, 3.05) is 6.54 Å². The van der Waals surface area contributed by atoms with Crippen LogP contribution in [0.2, 0.25) is 0 Å². The summed E-state index contributed by atoms with van der Waals surface area (Å²) in [6.45, 7) is 2.48. The van der Waals surface area contributed by atoms with Crippen LogP contribution in [0.4, 0.5) is 13.2 Å². The van der Waals surface area contributed by atoms with Gasteiger partial charge in [0.05, 0.1) is 4.88 Å². The molecule has 0 saturated carbocycles. The van der Waals surface area contributed by atoms with E-state index in [1.807, 2.05) is 13.8 Å². The number of carbonyl (C=O) groups excluding carboxylic acids is 1. The molecule has 1 heterocycles. The van der Waals surface area contributed by atoms with E-state index in [1.54, 1.807) is 5.32 Å². The number of halogens is 3. The summed E-state index contributed by atoms with van der Waals surface area (Å²) >= 11 is 0.791. The van der Waals surface area contributed by atoms with Gasteiger partial charge in [-0.05, 0) is 24.0 Å². The van der Waals surface area contributed by atoms with Gasteiger partial charge in [0.15, 0.2) is 5.06 Å². The molecule has 0 radical (unpaired) electrons. The molecular weight excluding hydrogens is 267 g/mol. The number of carbonyl (C=O) groups is 1. The standard InChI is InChI=1S/C11H14F3NO2S/c1-6(2)3-7-4-8(16)18-9(7)10(17)15-5-11(12,13)14/h4,6,16H,3,5H2,1-2H3,(H,15,17). The van der Waals surface area contributed by atoms with E-state index in [2.05, 4.69) is 0 Å². The zero-order chi connectivity index (χ0) is 13.9. The molecule has 0 spiro atoms. The van der Waals surface area contributed by atoms with Crippen molar-refractivity contribution in [2.45, 2.75) is 26.4 Å². The molecule has 0 aromatic carbocycles. The Kier molecular flexibility index (Phi) is 4.61. The van der Waals surface area contributed by atoms with Gasteiger partial charge >= 0.3 is 6.18 Å². The summed E-state index contributed by atoms with van der Waals surface area (Å²) < 4.78 is 36.0. The minimum atomic E-state index is -4.44. The lowest BCUT2D eigenvalue weighted by atomic mass is 10.0. The van der Waals surface area contributed by atoms with Crippen LogP contribution < -0.4 is 5.32 Å². The summed E-state index contributed by atoms with van der Waals surface area (Å²) in [5.74, 6) is -0.554. The molecule has 0 atom stereocenters. The Hall–Kier alpha value is -1.24. The monoisotopic (exact) mass is 281 g/mol. The molecule has 1 rings (SSSR count). The predicted octanol–water partition coefficient (Wildman–Crippen LogP) is 2.94. The lowest BCUT2D eigenvalue weighted by Gasteiger charge is -2.09. The first-order valence-electron chi connectivity index (χ1n) is 5.35. The lowest BCUT2D eigenvalue weighted by molar-refractivity contribution is -0.123. The number of rotatable bonds is 4. The molecule has 0 unspecified atom stereocenters. The van der Waals surface area contributed by atoms with Gasteiger partial charge in [-0.2, -0.15) is 13.2 Å². The van der Waals surface area contributed by atoms with Gasteiger partial charge < -0.3 is 10.4 Å². The van der Waals surface area contributed by atoms with Gasteiger partial charge in [-0.3, -0.25) is 4.79 Å². The highest BCUT2D eigenvalue weighted by Crippen LogP contribution is 2.29. The van der Waals surface area contributed by atoms with E-state index in [0.717, 1.165) is 11.3 Å². The number of amides is 1. The third kappa shape index (κ3) is 4.56. The Morgan fingerprint density at radius 1 is 1.50 bits per heavy atom. The normalized spacial score (nSPS) is 11.9. The number of aromatic hydroxyl groups is 1. The minimum Gasteiger partial charge on any atom is -0.499 e. The Morgan fingerprint density at radius 3 is 2.61 bits per heavy atom. The van der Waals surface area contributed by atoms with E-state index >= 15 is 0 Å². The van der Waals surface area contributed by atoms with Crippen LogP contribution in [0.3, 0.4) is 0 Å². The Balaban J connectivity index is 2.78. The van der Waals surface area contributed by atoms with Crippen molar-refractivity contribution < 1.29 is 23.1 Å². The second-order valence-corrected chi connectivity index (χ2v) is 5.37. The van der Waals surface area contributed by atoms with Gasteiger partial charge in [0.2, 0.25) is 0 Å². The summed E-state index contributed by atoms with van der Waals surface area (Å²) in [6.07, 6.45) is -3.90. The number of alkyl halides is 3. The topological polar surface area (TPSA) is 49.3 Å². The average molecular weight is 281 g/mol. The molecule has 1 aromatic rings. The van der Waals surface area contributed by atoms with Crippen LogP contribution in [0.5, 0.6) is 5.06 Å². The van der Waals surface area contributed by atoms with E-state index < -0.39 is 18.6 Å². The van der Waals surface area contributed by atoms with E-state index in [-0.39, 0.29) is 15.9 Å². The summed E-state index contributed by atoms with van der Waals surface area (Å²) in [6, 6.07) is 1.42. The van der Waals surface area contributed by atoms with Crippen molar-refractivity contribution in [2.24, 2.45) is 5.92 Å². The molecule has 3 nitrogen and oxygen atoms in total. The zero-order valence-electron chi connectivity index (χ0n) is 9.97. The largest absolute Gasteiger partial charge is 0.499 e. The van der Waals surface area contributed by atoms with Gasteiger partial charge in [0.1, 0.15) is 6.54 Å². The van der Waals surface area contributed by atoms with Crippen LogP contribution in [-0.2, 0) is 6.42 Å². The second kappa shape index (κ2) is 5.60. The number of hydrogen-bond acceptors (Lipinski definition) is 3. The van der Waals surface area contributed by atoms with Crippen LogP contribution in [0.15, 0.2) is 6.07 Å². The second-order valence-electron chi connectivity index (χ2n) is 4.33. The molecule has 102 valence electrons. The molecule has 0 bridgehead atoms. The third-order valence-electron chi connectivity index (χ3n) is 2.08. The SMILES string of the molecule is CC(C)Cc1cc(O)sc1C(=O)NCC(F)(F)F. The molecule has 7 heteroatoms. The van der Waals surface area contributed by atoms with Crippen LogP contribution in [-0.4, -0.2) is 23.7 Å². The minimum absolute atomic E-state index is 0.0668. The number of nitrogens with one attached hydrogen (secondary N) is 1. The van der Waals surface area contributed by atoms with E-state index in [9.17, 15) is 23.1 Å². The van der Waals surface area contributed by atoms with Crippen molar-refractivity contribution in [3.8, 4) is 5.06 Å². The van der Waals surface area contributed by atoms with Crippen LogP contribution >= 0.6 is 11.3 Å². The molecule has 0 saturated heterocycles. The molecule has 1 aromatic heterocycles. The molecule has 0 fully saturated rings. The first-order chi connectivity index (χ1) is 8.19. The first kappa shape index (κ1) is 14.8. The van der Waals surface area contributed by atoms with Crippen molar-refractivity contribution in [1.82, 2.24) is 5.32 Å². The first-order valence-corrected chi connectivity index (χ1v) is 6.17. The maximum absolute atomic E-state index is 12.0. The number of hydrogen-bond donors (Lipinski definition) is 2. The summed E-state index contributed by atoms with van der Waals surface area (Å²) in [5, 5.41) is 11.1. The zero-order valence-corrected chi connectivity index (χ0v) is 10.8. The van der Waals surface area contributed by atoms with Gasteiger partial charge in [-0.25, -0.2) is 0 Å². The van der Waals surface area contributed by atoms with Crippen molar-refractivity contribution in [1.29, 1.82) is 0 Å². The van der Waals surface area contributed by atoms with Gasteiger partial charge in [-0.15, -0.1) is 0 Å². The van der Waals surface area contributed by atoms with Crippen molar-refractivity contribution in [3.63, 3.8) is 0 Å². The van der Waals surface area contributed by atoms with E-state index in [0.29, 0.717) is 12.0 Å². The van der Waals surface area contributed by atoms with Gasteiger partial charge in [-0.1, -0.05) is 25.2 Å². The number of thiophene rings is 1. The van der Waals surface area contributed by atoms with Crippen LogP contribution in [0.25, 0.3) is 0 Å². The van der Waals surface area contributed by atoms with E-state index in [1.165, 1.54) is 6.07 Å². The smallest absolute Gasteiger partial charge is 0.405 e. The fourth-order valence-corrected chi connectivity index (χ4v) is 2.31. The summed E-state index contributed by atoms with van der Waals surface area (Å²) in [7, 11) is 0. The molecular formula is C11H14F3NO2S. The van der Waals surface area contributed by atoms with Gasteiger partial charge in [0.25, 0.3) is 5.91 Å². The van der Waals surface area contributed by atoms with Crippen LogP contribution in [0, 0.1) is 5.92 Å². The van der Waals surface area contributed by atoms with Crippen LogP contribution in [0.1, 0.15) is 29.1 Å². The van der Waals surface area contributed by atoms with Crippen molar-refractivity contribution >= 4 is 17.2 Å². The molecule has 0 aliphatic heterocycles. The molecule has 18 heavy (non-hydrogen) atoms. The van der Waals surface area contributed by atoms with Gasteiger partial charge in [0, 0.05) is 0 Å². The Bertz CT molecular complexity index is 426. The molecule has 1 amide bonds. The highest BCUT2D eigenvalue weighted by Gasteiger charge is 2.28. The maximum atomic E-state index is 12.0. The quantitative estimate of drug-likeness (QED) is 0.891. The Labute approximate surface area is 107 Å².